The smallest absolute Gasteiger partial charge is 0.119 e. The van der Waals surface area contributed by atoms with Gasteiger partial charge >= 0.3 is 0 Å². The molecule has 3 rings (SSSR count). The van der Waals surface area contributed by atoms with Crippen molar-refractivity contribution in [3.63, 3.8) is 0 Å². The number of anilines is 1. The van der Waals surface area contributed by atoms with Gasteiger partial charge in [-0.05, 0) is 42.2 Å². The maximum Gasteiger partial charge on any atom is 0.119 e. The second-order valence-corrected chi connectivity index (χ2v) is 4.67. The molecule has 2 heteroatoms. The summed E-state index contributed by atoms with van der Waals surface area (Å²) in [5.74, 6) is 0.939. The van der Waals surface area contributed by atoms with Crippen LogP contribution in [-0.4, -0.2) is 7.11 Å². The number of fused-ring (bicyclic) bond motifs is 1. The summed E-state index contributed by atoms with van der Waals surface area (Å²) in [7, 11) is 1.71. The minimum Gasteiger partial charge on any atom is -0.497 e. The van der Waals surface area contributed by atoms with Gasteiger partial charge in [-0.2, -0.15) is 0 Å². The molecule has 2 nitrogen and oxygen atoms in total. The first kappa shape index (κ1) is 11.1. The van der Waals surface area contributed by atoms with Crippen molar-refractivity contribution < 1.29 is 4.74 Å². The minimum atomic E-state index is 0.423. The molecule has 18 heavy (non-hydrogen) atoms. The van der Waals surface area contributed by atoms with Gasteiger partial charge in [-0.25, -0.2) is 0 Å². The summed E-state index contributed by atoms with van der Waals surface area (Å²) in [6, 6.07) is 17.3. The van der Waals surface area contributed by atoms with E-state index in [1.165, 1.54) is 16.8 Å². The number of nitrogens with one attached hydrogen (secondary N) is 1. The van der Waals surface area contributed by atoms with Gasteiger partial charge in [0.2, 0.25) is 0 Å². The van der Waals surface area contributed by atoms with Gasteiger partial charge in [-0.15, -0.1) is 0 Å². The fourth-order valence-corrected chi connectivity index (χ4v) is 2.54. The molecule has 0 aromatic heterocycles. The van der Waals surface area contributed by atoms with Gasteiger partial charge in [0.05, 0.1) is 13.2 Å². The zero-order valence-corrected chi connectivity index (χ0v) is 10.5. The third-order valence-corrected chi connectivity index (χ3v) is 3.55. The maximum atomic E-state index is 5.26. The topological polar surface area (TPSA) is 21.3 Å². The number of hydrogen-bond donors (Lipinski definition) is 1. The Morgan fingerprint density at radius 3 is 2.72 bits per heavy atom. The van der Waals surface area contributed by atoms with Gasteiger partial charge in [-0.3, -0.25) is 0 Å². The van der Waals surface area contributed by atoms with E-state index in [4.69, 9.17) is 4.74 Å². The van der Waals surface area contributed by atoms with Crippen molar-refractivity contribution in [3.8, 4) is 5.75 Å². The predicted octanol–water partition coefficient (Wildman–Crippen LogP) is 3.79. The van der Waals surface area contributed by atoms with Crippen LogP contribution >= 0.6 is 0 Å². The maximum absolute atomic E-state index is 5.26. The molecule has 0 radical (unpaired) electrons. The predicted molar refractivity (Wildman–Crippen MR) is 74.1 cm³/mol. The molecule has 1 atom stereocenters. The molecule has 2 aromatic carbocycles. The second-order valence-electron chi connectivity index (χ2n) is 4.67. The van der Waals surface area contributed by atoms with Crippen LogP contribution in [0.1, 0.15) is 23.6 Å². The average molecular weight is 239 g/mol. The highest BCUT2D eigenvalue weighted by atomic mass is 16.5. The van der Waals surface area contributed by atoms with E-state index in [1.807, 2.05) is 6.07 Å². The molecule has 0 bridgehead atoms. The summed E-state index contributed by atoms with van der Waals surface area (Å²) in [5, 5.41) is 3.61. The van der Waals surface area contributed by atoms with E-state index >= 15 is 0 Å². The first-order valence-electron chi connectivity index (χ1n) is 6.35. The normalized spacial score (nSPS) is 17.7. The Hall–Kier alpha value is -1.96. The third-order valence-electron chi connectivity index (χ3n) is 3.55. The first-order chi connectivity index (χ1) is 8.86. The Bertz CT molecular complexity index is 536. The summed E-state index contributed by atoms with van der Waals surface area (Å²) in [4.78, 5) is 0. The van der Waals surface area contributed by atoms with Crippen molar-refractivity contribution in [2.75, 3.05) is 12.4 Å². The standard InChI is InChI=1S/C16H17NO/c1-18-14-8-10-16-13(11-14)7-9-15(17-16)12-5-3-2-4-6-12/h2-6,8,10-11,15,17H,7,9H2,1H3/t15-/m1/s1. The number of methoxy groups -OCH3 is 1. The molecule has 1 aliphatic rings. The Labute approximate surface area is 108 Å². The van der Waals surface area contributed by atoms with Gasteiger partial charge in [0.15, 0.2) is 0 Å². The van der Waals surface area contributed by atoms with Crippen LogP contribution in [0.2, 0.25) is 0 Å². The minimum absolute atomic E-state index is 0.423. The average Bonchev–Trinajstić information content (AvgIpc) is 2.47. The summed E-state index contributed by atoms with van der Waals surface area (Å²) >= 11 is 0. The van der Waals surface area contributed by atoms with E-state index in [1.54, 1.807) is 7.11 Å². The highest BCUT2D eigenvalue weighted by Crippen LogP contribution is 2.34. The lowest BCUT2D eigenvalue weighted by molar-refractivity contribution is 0.414. The second kappa shape index (κ2) is 4.73. The lowest BCUT2D eigenvalue weighted by Gasteiger charge is -2.27. The number of rotatable bonds is 2. The summed E-state index contributed by atoms with van der Waals surface area (Å²) < 4.78 is 5.26. The fraction of sp³-hybridized carbons (Fsp3) is 0.250. The molecule has 0 unspecified atom stereocenters. The van der Waals surface area contributed by atoms with Crippen molar-refractivity contribution in [1.82, 2.24) is 0 Å². The molecule has 0 spiro atoms. The van der Waals surface area contributed by atoms with Crippen molar-refractivity contribution >= 4 is 5.69 Å². The molecule has 0 saturated carbocycles. The summed E-state index contributed by atoms with van der Waals surface area (Å²) in [5.41, 5.74) is 3.94. The van der Waals surface area contributed by atoms with Crippen LogP contribution in [0.15, 0.2) is 48.5 Å². The third kappa shape index (κ3) is 2.06. The highest BCUT2D eigenvalue weighted by molar-refractivity contribution is 5.57. The van der Waals surface area contributed by atoms with Gasteiger partial charge in [0.1, 0.15) is 5.75 Å². The van der Waals surface area contributed by atoms with E-state index in [0.29, 0.717) is 6.04 Å². The fourth-order valence-electron chi connectivity index (χ4n) is 2.54. The zero-order valence-electron chi connectivity index (χ0n) is 10.5. The molecule has 2 aromatic rings. The molecule has 1 heterocycles. The molecule has 0 aliphatic carbocycles. The molecule has 0 fully saturated rings. The summed E-state index contributed by atoms with van der Waals surface area (Å²) in [6.45, 7) is 0. The number of aryl methyl sites for hydroxylation is 1. The van der Waals surface area contributed by atoms with Crippen LogP contribution in [0.5, 0.6) is 5.75 Å². The largest absolute Gasteiger partial charge is 0.497 e. The van der Waals surface area contributed by atoms with Gasteiger partial charge < -0.3 is 10.1 Å². The van der Waals surface area contributed by atoms with Crippen LogP contribution < -0.4 is 10.1 Å². The Kier molecular flexibility index (Phi) is 2.93. The van der Waals surface area contributed by atoms with Crippen LogP contribution in [0, 0.1) is 0 Å². The van der Waals surface area contributed by atoms with Crippen molar-refractivity contribution in [1.29, 1.82) is 0 Å². The lowest BCUT2D eigenvalue weighted by atomic mass is 9.93. The molecular formula is C16H17NO. The van der Waals surface area contributed by atoms with Gasteiger partial charge in [0.25, 0.3) is 0 Å². The molecule has 1 N–H and O–H groups in total. The first-order valence-corrected chi connectivity index (χ1v) is 6.35. The quantitative estimate of drug-likeness (QED) is 0.860. The van der Waals surface area contributed by atoms with Crippen LogP contribution in [0.3, 0.4) is 0 Å². The molecule has 0 saturated heterocycles. The van der Waals surface area contributed by atoms with E-state index < -0.39 is 0 Å². The van der Waals surface area contributed by atoms with Crippen LogP contribution in [0.25, 0.3) is 0 Å². The Morgan fingerprint density at radius 2 is 1.94 bits per heavy atom. The van der Waals surface area contributed by atoms with E-state index in [2.05, 4.69) is 47.8 Å². The van der Waals surface area contributed by atoms with Crippen molar-refractivity contribution in [2.45, 2.75) is 18.9 Å². The zero-order chi connectivity index (χ0) is 12.4. The molecular weight excluding hydrogens is 222 g/mol. The molecule has 92 valence electrons. The van der Waals surface area contributed by atoms with Crippen LogP contribution in [0.4, 0.5) is 5.69 Å². The highest BCUT2D eigenvalue weighted by Gasteiger charge is 2.19. The number of ether oxygens (including phenoxy) is 1. The number of benzene rings is 2. The van der Waals surface area contributed by atoms with Gasteiger partial charge in [0, 0.05) is 5.69 Å². The van der Waals surface area contributed by atoms with Gasteiger partial charge in [-0.1, -0.05) is 30.3 Å². The van der Waals surface area contributed by atoms with Crippen molar-refractivity contribution in [3.05, 3.63) is 59.7 Å². The van der Waals surface area contributed by atoms with E-state index in [-0.39, 0.29) is 0 Å². The SMILES string of the molecule is COc1ccc2c(c1)CC[C@H](c1ccccc1)N2. The lowest BCUT2D eigenvalue weighted by Crippen LogP contribution is -2.17. The summed E-state index contributed by atoms with van der Waals surface area (Å²) in [6.07, 6.45) is 2.23. The van der Waals surface area contributed by atoms with E-state index in [0.717, 1.165) is 18.6 Å². The van der Waals surface area contributed by atoms with Crippen LogP contribution in [-0.2, 0) is 6.42 Å². The number of hydrogen-bond acceptors (Lipinski definition) is 2. The monoisotopic (exact) mass is 239 g/mol. The Balaban J connectivity index is 1.85. The molecule has 0 amide bonds. The molecule has 1 aliphatic heterocycles. The van der Waals surface area contributed by atoms with Crippen molar-refractivity contribution in [2.24, 2.45) is 0 Å². The Morgan fingerprint density at radius 1 is 1.11 bits per heavy atom. The van der Waals surface area contributed by atoms with E-state index in [9.17, 15) is 0 Å².